The van der Waals surface area contributed by atoms with Crippen LogP contribution in [0.3, 0.4) is 0 Å². The van der Waals surface area contributed by atoms with Crippen molar-refractivity contribution in [2.75, 3.05) is 0 Å². The molecule has 0 aromatic heterocycles. The molecule has 0 heterocycles. The molecule has 3 atom stereocenters. The highest BCUT2D eigenvalue weighted by molar-refractivity contribution is 4.76. The van der Waals surface area contributed by atoms with Crippen molar-refractivity contribution in [1.82, 2.24) is 0 Å². The fourth-order valence-corrected chi connectivity index (χ4v) is 4.07. The molecule has 0 bridgehead atoms. The summed E-state index contributed by atoms with van der Waals surface area (Å²) < 4.78 is 0. The third-order valence-corrected chi connectivity index (χ3v) is 6.60. The van der Waals surface area contributed by atoms with Gasteiger partial charge in [-0.1, -0.05) is 125 Å². The molecule has 0 rings (SSSR count). The summed E-state index contributed by atoms with van der Waals surface area (Å²) in [4.78, 5) is 0. The van der Waals surface area contributed by atoms with E-state index in [0.717, 1.165) is 11.8 Å². The van der Waals surface area contributed by atoms with Crippen molar-refractivity contribution < 1.29 is 0 Å². The van der Waals surface area contributed by atoms with Gasteiger partial charge in [0.1, 0.15) is 0 Å². The van der Waals surface area contributed by atoms with Gasteiger partial charge >= 0.3 is 0 Å². The molecule has 0 spiro atoms. The van der Waals surface area contributed by atoms with Crippen LogP contribution in [0.5, 0.6) is 0 Å². The third-order valence-electron chi connectivity index (χ3n) is 6.60. The lowest BCUT2D eigenvalue weighted by Gasteiger charge is -2.31. The Morgan fingerprint density at radius 2 is 1.12 bits per heavy atom. The topological polar surface area (TPSA) is 0 Å². The molecule has 0 aliphatic rings. The quantitative estimate of drug-likeness (QED) is 0.215. The van der Waals surface area contributed by atoms with E-state index in [0.29, 0.717) is 5.41 Å². The van der Waals surface area contributed by atoms with E-state index >= 15 is 0 Å². The highest BCUT2D eigenvalue weighted by Crippen LogP contribution is 2.37. The summed E-state index contributed by atoms with van der Waals surface area (Å²) in [5.41, 5.74) is 0.613. The van der Waals surface area contributed by atoms with E-state index in [1.54, 1.807) is 0 Å². The van der Waals surface area contributed by atoms with Gasteiger partial charge in [-0.05, 0) is 36.5 Å². The van der Waals surface area contributed by atoms with Gasteiger partial charge in [0.15, 0.2) is 0 Å². The van der Waals surface area contributed by atoms with E-state index in [-0.39, 0.29) is 0 Å². The number of rotatable bonds is 18. The van der Waals surface area contributed by atoms with E-state index in [1.807, 2.05) is 0 Å². The summed E-state index contributed by atoms with van der Waals surface area (Å²) >= 11 is 0. The van der Waals surface area contributed by atoms with Gasteiger partial charge in [0, 0.05) is 0 Å². The highest BCUT2D eigenvalue weighted by Gasteiger charge is 2.23. The number of unbranched alkanes of at least 4 members (excludes halogenated alkanes) is 6. The molecule has 0 fully saturated rings. The minimum absolute atomic E-state index is 0.613. The van der Waals surface area contributed by atoms with Gasteiger partial charge < -0.3 is 0 Å². The molecular weight excluding hydrogens is 300 g/mol. The zero-order valence-electron chi connectivity index (χ0n) is 19.0. The van der Waals surface area contributed by atoms with Crippen LogP contribution in [0, 0.1) is 17.3 Å². The van der Waals surface area contributed by atoms with Crippen LogP contribution in [0.4, 0.5) is 0 Å². The normalized spacial score (nSPS) is 16.6. The second-order valence-corrected chi connectivity index (χ2v) is 9.52. The highest BCUT2D eigenvalue weighted by atomic mass is 14.3. The first-order chi connectivity index (χ1) is 12.0. The Balaban J connectivity index is 4.18. The summed E-state index contributed by atoms with van der Waals surface area (Å²) in [6, 6.07) is 0. The van der Waals surface area contributed by atoms with Crippen LogP contribution < -0.4 is 0 Å². The lowest BCUT2D eigenvalue weighted by molar-refractivity contribution is 0.210. The largest absolute Gasteiger partial charge is 0.0654 e. The van der Waals surface area contributed by atoms with Crippen LogP contribution in [-0.2, 0) is 0 Å². The van der Waals surface area contributed by atoms with Crippen molar-refractivity contribution in [3.63, 3.8) is 0 Å². The van der Waals surface area contributed by atoms with Gasteiger partial charge in [0.25, 0.3) is 0 Å². The van der Waals surface area contributed by atoms with Crippen LogP contribution in [0.2, 0.25) is 0 Å². The van der Waals surface area contributed by atoms with Crippen molar-refractivity contribution in [3.8, 4) is 0 Å². The van der Waals surface area contributed by atoms with Gasteiger partial charge in [-0.15, -0.1) is 0 Å². The second-order valence-electron chi connectivity index (χ2n) is 9.52. The molecule has 3 unspecified atom stereocenters. The molecule has 152 valence electrons. The molecule has 0 aliphatic carbocycles. The maximum Gasteiger partial charge on any atom is -0.0326 e. The van der Waals surface area contributed by atoms with Crippen LogP contribution >= 0.6 is 0 Å². The molecule has 0 aromatic carbocycles. The molecular formula is C25H52. The van der Waals surface area contributed by atoms with Crippen molar-refractivity contribution in [2.45, 2.75) is 144 Å². The molecule has 25 heavy (non-hydrogen) atoms. The first-order valence-corrected chi connectivity index (χ1v) is 12.0. The molecule has 0 aromatic rings. The Labute approximate surface area is 161 Å². The fraction of sp³-hybridized carbons (Fsp3) is 1.00. The summed E-state index contributed by atoms with van der Waals surface area (Å²) in [5.74, 6) is 1.86. The van der Waals surface area contributed by atoms with E-state index in [1.165, 1.54) is 103 Å². The average Bonchev–Trinajstić information content (AvgIpc) is 2.61. The van der Waals surface area contributed by atoms with E-state index in [9.17, 15) is 0 Å². The molecule has 0 saturated carbocycles. The Hall–Kier alpha value is 0. The van der Waals surface area contributed by atoms with Crippen molar-refractivity contribution in [2.24, 2.45) is 17.3 Å². The molecule has 0 nitrogen and oxygen atoms in total. The summed E-state index contributed by atoms with van der Waals surface area (Å²) in [5, 5.41) is 0. The molecule has 0 heteroatoms. The molecule has 0 radical (unpaired) electrons. The van der Waals surface area contributed by atoms with Crippen molar-refractivity contribution in [1.29, 1.82) is 0 Å². The Bertz CT molecular complexity index is 269. The van der Waals surface area contributed by atoms with Crippen LogP contribution in [0.15, 0.2) is 0 Å². The summed E-state index contributed by atoms with van der Waals surface area (Å²) in [6.07, 6.45) is 23.0. The van der Waals surface area contributed by atoms with E-state index in [4.69, 9.17) is 0 Å². The zero-order valence-corrected chi connectivity index (χ0v) is 19.0. The predicted octanol–water partition coefficient (Wildman–Crippen LogP) is 9.57. The molecule has 0 saturated heterocycles. The minimum Gasteiger partial charge on any atom is -0.0654 e. The van der Waals surface area contributed by atoms with Gasteiger partial charge in [-0.2, -0.15) is 0 Å². The van der Waals surface area contributed by atoms with Crippen LogP contribution in [-0.4, -0.2) is 0 Å². The average molecular weight is 353 g/mol. The SMILES string of the molecule is CCCCCCCC(C)(CCCCC(C)CCCC)CCC(C)CC. The Morgan fingerprint density at radius 1 is 0.560 bits per heavy atom. The Morgan fingerprint density at radius 3 is 1.72 bits per heavy atom. The first kappa shape index (κ1) is 25.0. The molecule has 0 aliphatic heterocycles. The Kier molecular flexibility index (Phi) is 16.2. The fourth-order valence-electron chi connectivity index (χ4n) is 4.07. The lowest BCUT2D eigenvalue weighted by atomic mass is 9.74. The monoisotopic (exact) mass is 352 g/mol. The minimum atomic E-state index is 0.613. The first-order valence-electron chi connectivity index (χ1n) is 12.0. The van der Waals surface area contributed by atoms with Crippen LogP contribution in [0.25, 0.3) is 0 Å². The standard InChI is InChI=1S/C25H52/c1-7-10-12-13-15-20-25(6,22-19-23(4)9-3)21-16-14-18-24(5)17-11-8-2/h23-24H,7-22H2,1-6H3. The molecule has 0 N–H and O–H groups in total. The lowest BCUT2D eigenvalue weighted by Crippen LogP contribution is -2.18. The van der Waals surface area contributed by atoms with Gasteiger partial charge in [-0.3, -0.25) is 0 Å². The smallest absolute Gasteiger partial charge is 0.0326 e. The third kappa shape index (κ3) is 14.8. The second kappa shape index (κ2) is 16.2. The summed E-state index contributed by atoms with van der Waals surface area (Å²) in [7, 11) is 0. The van der Waals surface area contributed by atoms with Gasteiger partial charge in [0.05, 0.1) is 0 Å². The zero-order chi connectivity index (χ0) is 19.0. The van der Waals surface area contributed by atoms with Crippen molar-refractivity contribution in [3.05, 3.63) is 0 Å². The predicted molar refractivity (Wildman–Crippen MR) is 117 cm³/mol. The van der Waals surface area contributed by atoms with Crippen LogP contribution in [0.1, 0.15) is 144 Å². The number of hydrogen-bond donors (Lipinski definition) is 0. The van der Waals surface area contributed by atoms with Gasteiger partial charge in [0.2, 0.25) is 0 Å². The summed E-state index contributed by atoms with van der Waals surface area (Å²) in [6.45, 7) is 14.5. The number of hydrogen-bond acceptors (Lipinski definition) is 0. The maximum absolute atomic E-state index is 2.61. The molecule has 0 amide bonds. The van der Waals surface area contributed by atoms with E-state index in [2.05, 4.69) is 41.5 Å². The van der Waals surface area contributed by atoms with E-state index < -0.39 is 0 Å². The van der Waals surface area contributed by atoms with Gasteiger partial charge in [-0.25, -0.2) is 0 Å². The maximum atomic E-state index is 2.61. The van der Waals surface area contributed by atoms with Crippen molar-refractivity contribution >= 4 is 0 Å².